The van der Waals surface area contributed by atoms with Gasteiger partial charge in [-0.3, -0.25) is 0 Å². The van der Waals surface area contributed by atoms with Gasteiger partial charge in [-0.2, -0.15) is 10.3 Å². The van der Waals surface area contributed by atoms with E-state index in [4.69, 9.17) is 0 Å². The highest BCUT2D eigenvalue weighted by atomic mass is 15.5. The predicted octanol–water partition coefficient (Wildman–Crippen LogP) is 1.05. The summed E-state index contributed by atoms with van der Waals surface area (Å²) in [6.45, 7) is 0. The molecule has 1 N–H and O–H groups in total. The summed E-state index contributed by atoms with van der Waals surface area (Å²) < 4.78 is 1.77. The molecule has 3 aromatic rings. The van der Waals surface area contributed by atoms with E-state index in [0.29, 0.717) is 11.5 Å². The van der Waals surface area contributed by atoms with Gasteiger partial charge in [0.05, 0.1) is 5.69 Å². The van der Waals surface area contributed by atoms with E-state index in [1.165, 1.54) is 0 Å². The van der Waals surface area contributed by atoms with Crippen molar-refractivity contribution in [2.45, 2.75) is 0 Å². The number of rotatable bonds is 2. The van der Waals surface area contributed by atoms with Crippen LogP contribution in [0.1, 0.15) is 0 Å². The van der Waals surface area contributed by atoms with Gasteiger partial charge in [0.1, 0.15) is 5.69 Å². The van der Waals surface area contributed by atoms with Crippen LogP contribution in [0.3, 0.4) is 0 Å². The summed E-state index contributed by atoms with van der Waals surface area (Å²) in [4.78, 5) is 0. The number of H-pyrrole nitrogens is 1. The molecule has 0 saturated heterocycles. The SMILES string of the molecule is c1ccc(-n2ccc(-c3nn[nH]n3)n2)cc1. The van der Waals surface area contributed by atoms with Gasteiger partial charge in [0.2, 0.25) is 5.82 Å². The van der Waals surface area contributed by atoms with Gasteiger partial charge in [0.15, 0.2) is 0 Å². The normalized spacial score (nSPS) is 10.5. The zero-order valence-electron chi connectivity index (χ0n) is 8.28. The number of hydrogen-bond acceptors (Lipinski definition) is 4. The maximum Gasteiger partial charge on any atom is 0.224 e. The van der Waals surface area contributed by atoms with Crippen molar-refractivity contribution in [3.8, 4) is 17.2 Å². The Morgan fingerprint density at radius 3 is 2.69 bits per heavy atom. The third kappa shape index (κ3) is 1.46. The maximum absolute atomic E-state index is 4.35. The fourth-order valence-corrected chi connectivity index (χ4v) is 1.44. The molecule has 0 fully saturated rings. The van der Waals surface area contributed by atoms with Crippen LogP contribution in [0.2, 0.25) is 0 Å². The topological polar surface area (TPSA) is 72.3 Å². The fraction of sp³-hybridized carbons (Fsp3) is 0. The first kappa shape index (κ1) is 8.78. The average molecular weight is 212 g/mol. The number of para-hydroxylation sites is 1. The number of aromatic nitrogens is 6. The molecule has 16 heavy (non-hydrogen) atoms. The van der Waals surface area contributed by atoms with E-state index in [2.05, 4.69) is 25.7 Å². The second kappa shape index (κ2) is 3.58. The molecule has 6 nitrogen and oxygen atoms in total. The number of tetrazole rings is 1. The standard InChI is InChI=1S/C10H8N6/c1-2-4-8(5-3-1)16-7-6-9(13-16)10-11-14-15-12-10/h1-7H,(H,11,12,14,15). The average Bonchev–Trinajstić information content (AvgIpc) is 3.01. The van der Waals surface area contributed by atoms with Gasteiger partial charge in [0, 0.05) is 6.20 Å². The van der Waals surface area contributed by atoms with Gasteiger partial charge >= 0.3 is 0 Å². The van der Waals surface area contributed by atoms with Crippen molar-refractivity contribution >= 4 is 0 Å². The summed E-state index contributed by atoms with van der Waals surface area (Å²) in [5.41, 5.74) is 1.69. The lowest BCUT2D eigenvalue weighted by Crippen LogP contribution is -1.94. The molecule has 0 spiro atoms. The molecule has 0 aliphatic heterocycles. The first-order valence-electron chi connectivity index (χ1n) is 4.78. The number of hydrogen-bond donors (Lipinski definition) is 1. The Kier molecular flexibility index (Phi) is 1.96. The Hall–Kier alpha value is -2.50. The number of benzene rings is 1. The fourth-order valence-electron chi connectivity index (χ4n) is 1.44. The third-order valence-corrected chi connectivity index (χ3v) is 2.18. The summed E-state index contributed by atoms with van der Waals surface area (Å²) in [5, 5.41) is 18.0. The summed E-state index contributed by atoms with van der Waals surface area (Å²) in [5.74, 6) is 0.495. The zero-order chi connectivity index (χ0) is 10.8. The molecule has 0 amide bonds. The number of aromatic amines is 1. The number of nitrogens with zero attached hydrogens (tertiary/aromatic N) is 5. The van der Waals surface area contributed by atoms with Gasteiger partial charge in [-0.05, 0) is 23.4 Å². The van der Waals surface area contributed by atoms with Crippen LogP contribution in [0.4, 0.5) is 0 Å². The third-order valence-electron chi connectivity index (χ3n) is 2.18. The first-order chi connectivity index (χ1) is 7.93. The summed E-state index contributed by atoms with van der Waals surface area (Å²) in [6.07, 6.45) is 1.86. The van der Waals surface area contributed by atoms with Crippen LogP contribution >= 0.6 is 0 Å². The van der Waals surface area contributed by atoms with E-state index in [1.807, 2.05) is 42.6 Å². The molecule has 6 heteroatoms. The van der Waals surface area contributed by atoms with Gasteiger partial charge in [0.25, 0.3) is 0 Å². The lowest BCUT2D eigenvalue weighted by Gasteiger charge is -1.98. The summed E-state index contributed by atoms with van der Waals surface area (Å²) >= 11 is 0. The molecule has 1 aromatic carbocycles. The van der Waals surface area contributed by atoms with Crippen LogP contribution in [0.5, 0.6) is 0 Å². The highest BCUT2D eigenvalue weighted by molar-refractivity contribution is 5.47. The molecule has 0 aliphatic rings. The summed E-state index contributed by atoms with van der Waals surface area (Å²) in [7, 11) is 0. The van der Waals surface area contributed by atoms with Gasteiger partial charge < -0.3 is 0 Å². The summed E-state index contributed by atoms with van der Waals surface area (Å²) in [6, 6.07) is 11.7. The van der Waals surface area contributed by atoms with Crippen molar-refractivity contribution in [3.63, 3.8) is 0 Å². The smallest absolute Gasteiger partial charge is 0.224 e. The largest absolute Gasteiger partial charge is 0.240 e. The molecule has 2 heterocycles. The first-order valence-corrected chi connectivity index (χ1v) is 4.78. The van der Waals surface area contributed by atoms with Crippen LogP contribution in [0, 0.1) is 0 Å². The highest BCUT2D eigenvalue weighted by Crippen LogP contribution is 2.12. The second-order valence-electron chi connectivity index (χ2n) is 3.22. The molecule has 0 radical (unpaired) electrons. The molecule has 0 atom stereocenters. The monoisotopic (exact) mass is 212 g/mol. The van der Waals surface area contributed by atoms with Crippen LogP contribution in [-0.2, 0) is 0 Å². The minimum absolute atomic E-state index is 0.495. The molecule has 0 bridgehead atoms. The van der Waals surface area contributed by atoms with E-state index in [1.54, 1.807) is 4.68 Å². The lowest BCUT2D eigenvalue weighted by molar-refractivity contribution is 0.880. The van der Waals surface area contributed by atoms with Crippen LogP contribution < -0.4 is 0 Å². The van der Waals surface area contributed by atoms with E-state index >= 15 is 0 Å². The Labute approximate surface area is 90.9 Å². The van der Waals surface area contributed by atoms with E-state index in [0.717, 1.165) is 5.69 Å². The lowest BCUT2D eigenvalue weighted by atomic mass is 10.3. The molecule has 3 rings (SSSR count). The predicted molar refractivity (Wildman–Crippen MR) is 56.7 cm³/mol. The Morgan fingerprint density at radius 1 is 1.06 bits per heavy atom. The van der Waals surface area contributed by atoms with Crippen molar-refractivity contribution < 1.29 is 0 Å². The van der Waals surface area contributed by atoms with E-state index < -0.39 is 0 Å². The van der Waals surface area contributed by atoms with Crippen molar-refractivity contribution in [2.24, 2.45) is 0 Å². The molecular weight excluding hydrogens is 204 g/mol. The van der Waals surface area contributed by atoms with Gasteiger partial charge in [-0.1, -0.05) is 18.2 Å². The van der Waals surface area contributed by atoms with E-state index in [9.17, 15) is 0 Å². The minimum atomic E-state index is 0.495. The van der Waals surface area contributed by atoms with E-state index in [-0.39, 0.29) is 0 Å². The Morgan fingerprint density at radius 2 is 1.94 bits per heavy atom. The Balaban J connectivity index is 2.00. The van der Waals surface area contributed by atoms with Crippen LogP contribution in [-0.4, -0.2) is 30.4 Å². The molecule has 0 aliphatic carbocycles. The molecule has 78 valence electrons. The molecule has 0 unspecified atom stereocenters. The number of nitrogens with one attached hydrogen (secondary N) is 1. The highest BCUT2D eigenvalue weighted by Gasteiger charge is 2.06. The van der Waals surface area contributed by atoms with Crippen LogP contribution in [0.15, 0.2) is 42.6 Å². The quantitative estimate of drug-likeness (QED) is 0.689. The maximum atomic E-state index is 4.35. The van der Waals surface area contributed by atoms with Crippen molar-refractivity contribution in [3.05, 3.63) is 42.6 Å². The van der Waals surface area contributed by atoms with Crippen LogP contribution in [0.25, 0.3) is 17.2 Å². The van der Waals surface area contributed by atoms with Crippen molar-refractivity contribution in [2.75, 3.05) is 0 Å². The van der Waals surface area contributed by atoms with Gasteiger partial charge in [-0.25, -0.2) is 4.68 Å². The second-order valence-corrected chi connectivity index (χ2v) is 3.22. The Bertz CT molecular complexity index is 568. The minimum Gasteiger partial charge on any atom is -0.240 e. The molecular formula is C10H8N6. The molecule has 2 aromatic heterocycles. The molecule has 0 saturated carbocycles. The van der Waals surface area contributed by atoms with Crippen molar-refractivity contribution in [1.82, 2.24) is 30.4 Å². The van der Waals surface area contributed by atoms with Crippen molar-refractivity contribution in [1.29, 1.82) is 0 Å². The van der Waals surface area contributed by atoms with Gasteiger partial charge in [-0.15, -0.1) is 10.2 Å². The zero-order valence-corrected chi connectivity index (χ0v) is 8.28.